The Morgan fingerprint density at radius 2 is 1.54 bits per heavy atom. The molecule has 1 aliphatic carbocycles. The fourth-order valence-electron chi connectivity index (χ4n) is 7.53. The molecule has 0 N–H and O–H groups in total. The van der Waals surface area contributed by atoms with Crippen LogP contribution in [0.1, 0.15) is 71.1 Å². The highest BCUT2D eigenvalue weighted by molar-refractivity contribution is 6.30. The SMILES string of the molecule is CC/N=C(\C=C\C1=C(N(c2ccccc2)c2ccccc2)C(=C/C=C2/N(CC)c3ccc(C)cc3C2(C)C)/CC1)C(C)(C)c1cccc(Cl)c1. The standard InChI is InChI=1S/C46H50ClN3/c1-8-48-42(45(4,5)36-17-16-18-37(47)32-36)29-26-34-24-25-35(44(34)50(38-19-12-10-13-20-38)39-21-14-11-15-22-39)27-30-43-46(6,7)40-31-33(3)23-28-41(40)49(43)9-2/h10-23,26-32H,8-9,24-25H2,1-7H3/b29-26+,35-27+,43-30+,48-42+. The van der Waals surface area contributed by atoms with Crippen LogP contribution in [0.3, 0.4) is 0 Å². The lowest BCUT2D eigenvalue weighted by atomic mass is 9.79. The summed E-state index contributed by atoms with van der Waals surface area (Å²) in [6.07, 6.45) is 11.2. The molecule has 0 unspecified atom stereocenters. The van der Waals surface area contributed by atoms with Crippen molar-refractivity contribution in [3.63, 3.8) is 0 Å². The third-order valence-corrected chi connectivity index (χ3v) is 10.5. The zero-order chi connectivity index (χ0) is 35.5. The third-order valence-electron chi connectivity index (χ3n) is 10.3. The predicted molar refractivity (Wildman–Crippen MR) is 216 cm³/mol. The van der Waals surface area contributed by atoms with Crippen LogP contribution in [0, 0.1) is 6.92 Å². The lowest BCUT2D eigenvalue weighted by Crippen LogP contribution is -2.28. The molecule has 6 rings (SSSR count). The Bertz CT molecular complexity index is 1950. The summed E-state index contributed by atoms with van der Waals surface area (Å²) >= 11 is 6.46. The minimum absolute atomic E-state index is 0.102. The van der Waals surface area contributed by atoms with Gasteiger partial charge in [-0.3, -0.25) is 4.99 Å². The van der Waals surface area contributed by atoms with Crippen molar-refractivity contribution < 1.29 is 0 Å². The zero-order valence-corrected chi connectivity index (χ0v) is 31.4. The summed E-state index contributed by atoms with van der Waals surface area (Å²) in [6.45, 7) is 17.4. The first-order chi connectivity index (χ1) is 24.1. The van der Waals surface area contributed by atoms with Gasteiger partial charge in [0.05, 0.1) is 5.70 Å². The first-order valence-electron chi connectivity index (χ1n) is 18.0. The maximum Gasteiger partial charge on any atom is 0.0525 e. The van der Waals surface area contributed by atoms with E-state index in [1.807, 2.05) is 12.1 Å². The number of hydrogen-bond acceptors (Lipinski definition) is 3. The molecule has 1 heterocycles. The van der Waals surface area contributed by atoms with E-state index in [9.17, 15) is 0 Å². The average Bonchev–Trinajstić information content (AvgIpc) is 3.60. The molecule has 1 aliphatic heterocycles. The molecule has 2 aliphatic rings. The number of benzene rings is 4. The summed E-state index contributed by atoms with van der Waals surface area (Å²) in [5, 5.41) is 0.742. The normalized spacial score (nSPS) is 17.8. The average molecular weight is 680 g/mol. The van der Waals surface area contributed by atoms with Crippen molar-refractivity contribution in [2.45, 2.75) is 72.1 Å². The lowest BCUT2D eigenvalue weighted by Gasteiger charge is -2.29. The molecule has 0 saturated carbocycles. The van der Waals surface area contributed by atoms with Crippen molar-refractivity contribution in [1.29, 1.82) is 0 Å². The van der Waals surface area contributed by atoms with Crippen molar-refractivity contribution >= 4 is 34.4 Å². The number of aryl methyl sites for hydroxylation is 1. The Balaban J connectivity index is 1.51. The number of allylic oxidation sites excluding steroid dienone is 7. The predicted octanol–water partition coefficient (Wildman–Crippen LogP) is 12.5. The topological polar surface area (TPSA) is 18.8 Å². The van der Waals surface area contributed by atoms with Crippen LogP contribution in [-0.4, -0.2) is 18.8 Å². The van der Waals surface area contributed by atoms with Gasteiger partial charge in [0.1, 0.15) is 0 Å². The largest absolute Gasteiger partial charge is 0.344 e. The Kier molecular flexibility index (Phi) is 10.4. The Labute approximate surface area is 305 Å². The smallest absolute Gasteiger partial charge is 0.0525 e. The molecule has 256 valence electrons. The zero-order valence-electron chi connectivity index (χ0n) is 30.7. The van der Waals surface area contributed by atoms with E-state index in [4.69, 9.17) is 16.6 Å². The van der Waals surface area contributed by atoms with Gasteiger partial charge in [-0.1, -0.05) is 118 Å². The second-order valence-electron chi connectivity index (χ2n) is 14.3. The van der Waals surface area contributed by atoms with Gasteiger partial charge in [-0.2, -0.15) is 0 Å². The van der Waals surface area contributed by atoms with E-state index < -0.39 is 0 Å². The molecule has 0 spiro atoms. The van der Waals surface area contributed by atoms with Crippen LogP contribution >= 0.6 is 11.6 Å². The van der Waals surface area contributed by atoms with Gasteiger partial charge in [0.15, 0.2) is 0 Å². The molecule has 0 fully saturated rings. The van der Waals surface area contributed by atoms with Gasteiger partial charge in [0.2, 0.25) is 0 Å². The van der Waals surface area contributed by atoms with Gasteiger partial charge in [-0.05, 0) is 111 Å². The van der Waals surface area contributed by atoms with Crippen LogP contribution in [-0.2, 0) is 10.8 Å². The number of likely N-dealkylation sites (N-methyl/N-ethyl adjacent to an activating group) is 1. The van der Waals surface area contributed by atoms with Crippen molar-refractivity contribution in [3.8, 4) is 0 Å². The van der Waals surface area contributed by atoms with E-state index in [0.29, 0.717) is 6.54 Å². The molecule has 50 heavy (non-hydrogen) atoms. The summed E-state index contributed by atoms with van der Waals surface area (Å²) in [7, 11) is 0. The van der Waals surface area contributed by atoms with E-state index >= 15 is 0 Å². The number of para-hydroxylation sites is 2. The van der Waals surface area contributed by atoms with Gasteiger partial charge < -0.3 is 9.80 Å². The van der Waals surface area contributed by atoms with E-state index in [1.54, 1.807) is 0 Å². The Hall–Kier alpha value is -4.60. The number of halogens is 1. The molecule has 0 bridgehead atoms. The monoisotopic (exact) mass is 679 g/mol. The molecule has 3 nitrogen and oxygen atoms in total. The highest BCUT2D eigenvalue weighted by Crippen LogP contribution is 2.48. The second kappa shape index (κ2) is 14.7. The van der Waals surface area contributed by atoms with Gasteiger partial charge in [0.25, 0.3) is 0 Å². The summed E-state index contributed by atoms with van der Waals surface area (Å²) in [5.41, 5.74) is 13.3. The molecule has 0 amide bonds. The van der Waals surface area contributed by atoms with Crippen LogP contribution in [0.25, 0.3) is 0 Å². The maximum absolute atomic E-state index is 6.46. The van der Waals surface area contributed by atoms with Crippen LogP contribution in [0.15, 0.2) is 155 Å². The number of fused-ring (bicyclic) bond motifs is 1. The van der Waals surface area contributed by atoms with Crippen molar-refractivity contribution in [3.05, 3.63) is 172 Å². The molecule has 4 aromatic carbocycles. The quantitative estimate of drug-likeness (QED) is 0.155. The van der Waals surface area contributed by atoms with Crippen LogP contribution < -0.4 is 9.80 Å². The molecule has 0 saturated heterocycles. The van der Waals surface area contributed by atoms with Crippen molar-refractivity contribution in [1.82, 2.24) is 0 Å². The summed E-state index contributed by atoms with van der Waals surface area (Å²) in [6, 6.07) is 36.6. The number of aliphatic imine (C=N–C) groups is 1. The van der Waals surface area contributed by atoms with E-state index in [2.05, 4.69) is 174 Å². The fraction of sp³-hybridized carbons (Fsp3) is 0.283. The molecular formula is C46H50ClN3. The molecule has 0 atom stereocenters. The number of anilines is 3. The third kappa shape index (κ3) is 6.89. The minimum Gasteiger partial charge on any atom is -0.344 e. The van der Waals surface area contributed by atoms with E-state index in [1.165, 1.54) is 39.4 Å². The van der Waals surface area contributed by atoms with E-state index in [0.717, 1.165) is 47.1 Å². The highest BCUT2D eigenvalue weighted by Gasteiger charge is 2.39. The summed E-state index contributed by atoms with van der Waals surface area (Å²) in [4.78, 5) is 9.96. The van der Waals surface area contributed by atoms with Crippen LogP contribution in [0.4, 0.5) is 17.1 Å². The molecule has 0 aromatic heterocycles. The summed E-state index contributed by atoms with van der Waals surface area (Å²) < 4.78 is 0. The number of hydrogen-bond donors (Lipinski definition) is 0. The molecule has 4 heteroatoms. The number of nitrogens with zero attached hydrogens (tertiary/aromatic N) is 3. The van der Waals surface area contributed by atoms with Gasteiger partial charge in [-0.25, -0.2) is 0 Å². The Morgan fingerprint density at radius 1 is 0.860 bits per heavy atom. The first kappa shape index (κ1) is 35.2. The maximum atomic E-state index is 6.46. The molecule has 0 radical (unpaired) electrons. The van der Waals surface area contributed by atoms with Crippen LogP contribution in [0.5, 0.6) is 0 Å². The molecular weight excluding hydrogens is 630 g/mol. The fourth-order valence-corrected chi connectivity index (χ4v) is 7.72. The second-order valence-corrected chi connectivity index (χ2v) is 14.8. The van der Waals surface area contributed by atoms with E-state index in [-0.39, 0.29) is 10.8 Å². The lowest BCUT2D eigenvalue weighted by molar-refractivity contribution is 0.633. The number of rotatable bonds is 10. The molecule has 4 aromatic rings. The van der Waals surface area contributed by atoms with Gasteiger partial charge >= 0.3 is 0 Å². The van der Waals surface area contributed by atoms with Gasteiger partial charge in [-0.15, -0.1) is 0 Å². The minimum atomic E-state index is -0.316. The van der Waals surface area contributed by atoms with Crippen molar-refractivity contribution in [2.75, 3.05) is 22.9 Å². The summed E-state index contributed by atoms with van der Waals surface area (Å²) in [5.74, 6) is 0. The Morgan fingerprint density at radius 3 is 2.16 bits per heavy atom. The van der Waals surface area contributed by atoms with Gasteiger partial charge in [0, 0.05) is 57.4 Å². The van der Waals surface area contributed by atoms with Crippen LogP contribution in [0.2, 0.25) is 5.02 Å². The first-order valence-corrected chi connectivity index (χ1v) is 18.4. The highest BCUT2D eigenvalue weighted by atomic mass is 35.5. The van der Waals surface area contributed by atoms with Crippen molar-refractivity contribution in [2.24, 2.45) is 4.99 Å².